The monoisotopic (exact) mass is 754 g/mol. The Hall–Kier alpha value is -7.42. The molecule has 0 saturated heterocycles. The maximum absolute atomic E-state index is 2.55. The van der Waals surface area contributed by atoms with Gasteiger partial charge >= 0.3 is 0 Å². The number of anilines is 3. The summed E-state index contributed by atoms with van der Waals surface area (Å²) in [5.74, 6) is 0. The van der Waals surface area contributed by atoms with E-state index in [-0.39, 0.29) is 5.41 Å². The Labute approximate surface area is 345 Å². The summed E-state index contributed by atoms with van der Waals surface area (Å²) >= 11 is 0. The molecule has 2 nitrogen and oxygen atoms in total. The van der Waals surface area contributed by atoms with Crippen molar-refractivity contribution in [3.63, 3.8) is 0 Å². The Bertz CT molecular complexity index is 3170. The quantitative estimate of drug-likeness (QED) is 0.157. The maximum Gasteiger partial charge on any atom is 0.0546 e. The number of nitrogens with zero attached hydrogens (tertiary/aromatic N) is 2. The molecule has 0 spiro atoms. The Morgan fingerprint density at radius 1 is 0.373 bits per heavy atom. The van der Waals surface area contributed by atoms with Crippen molar-refractivity contribution in [3.8, 4) is 50.2 Å². The van der Waals surface area contributed by atoms with E-state index in [2.05, 4.69) is 242 Å². The van der Waals surface area contributed by atoms with Gasteiger partial charge in [0.15, 0.2) is 0 Å². The summed E-state index contributed by atoms with van der Waals surface area (Å²) in [4.78, 5) is 2.55. The SMILES string of the molecule is CC1(C)c2ccccc2-c2c(N(c3ccc4c(c3)c3ccccc3n4-c3ccccc3)c3cccc(-c4ccccc4)c3-c3ccccc3-c3ccccc3)cccc21. The van der Waals surface area contributed by atoms with Gasteiger partial charge in [-0.3, -0.25) is 0 Å². The molecule has 1 heterocycles. The fourth-order valence-electron chi connectivity index (χ4n) is 9.72. The number of rotatable bonds is 7. The van der Waals surface area contributed by atoms with Crippen LogP contribution in [-0.4, -0.2) is 4.57 Å². The van der Waals surface area contributed by atoms with Crippen molar-refractivity contribution in [1.82, 2.24) is 4.57 Å². The third kappa shape index (κ3) is 5.56. The topological polar surface area (TPSA) is 8.17 Å². The number of hydrogen-bond acceptors (Lipinski definition) is 1. The number of benzene rings is 9. The maximum atomic E-state index is 2.55. The molecule has 0 unspecified atom stereocenters. The van der Waals surface area contributed by atoms with Gasteiger partial charge < -0.3 is 9.47 Å². The van der Waals surface area contributed by atoms with Gasteiger partial charge in [-0.15, -0.1) is 0 Å². The van der Waals surface area contributed by atoms with E-state index in [1.165, 1.54) is 77.4 Å². The predicted molar refractivity (Wildman–Crippen MR) is 249 cm³/mol. The first-order valence-corrected chi connectivity index (χ1v) is 20.5. The molecule has 0 N–H and O–H groups in total. The van der Waals surface area contributed by atoms with Crippen LogP contribution >= 0.6 is 0 Å². The number of hydrogen-bond donors (Lipinski definition) is 0. The number of para-hydroxylation sites is 2. The second kappa shape index (κ2) is 13.9. The zero-order valence-electron chi connectivity index (χ0n) is 33.2. The predicted octanol–water partition coefficient (Wildman–Crippen LogP) is 15.6. The van der Waals surface area contributed by atoms with E-state index < -0.39 is 0 Å². The molecule has 0 saturated carbocycles. The fourth-order valence-corrected chi connectivity index (χ4v) is 9.72. The van der Waals surface area contributed by atoms with Crippen LogP contribution < -0.4 is 4.90 Å². The molecule has 9 aromatic carbocycles. The molecule has 1 aromatic heterocycles. The van der Waals surface area contributed by atoms with Crippen LogP contribution in [0.5, 0.6) is 0 Å². The summed E-state index contributed by atoms with van der Waals surface area (Å²) < 4.78 is 2.40. The fraction of sp³-hybridized carbons (Fsp3) is 0.0526. The lowest BCUT2D eigenvalue weighted by Gasteiger charge is -2.32. The lowest BCUT2D eigenvalue weighted by atomic mass is 9.82. The molecule has 280 valence electrons. The van der Waals surface area contributed by atoms with Crippen molar-refractivity contribution in [2.45, 2.75) is 19.3 Å². The molecule has 1 aliphatic rings. The molecule has 1 aliphatic carbocycles. The lowest BCUT2D eigenvalue weighted by molar-refractivity contribution is 0.660. The van der Waals surface area contributed by atoms with Crippen molar-refractivity contribution in [2.75, 3.05) is 4.90 Å². The van der Waals surface area contributed by atoms with Gasteiger partial charge in [-0.05, 0) is 93.0 Å². The second-order valence-electron chi connectivity index (χ2n) is 16.1. The first-order valence-electron chi connectivity index (χ1n) is 20.5. The van der Waals surface area contributed by atoms with Crippen LogP contribution in [0.4, 0.5) is 17.1 Å². The van der Waals surface area contributed by atoms with Gasteiger partial charge in [-0.1, -0.05) is 184 Å². The average molecular weight is 755 g/mol. The van der Waals surface area contributed by atoms with Gasteiger partial charge in [-0.25, -0.2) is 0 Å². The highest BCUT2D eigenvalue weighted by atomic mass is 15.1. The minimum absolute atomic E-state index is 0.157. The summed E-state index contributed by atoms with van der Waals surface area (Å²) in [5, 5.41) is 2.44. The molecule has 59 heavy (non-hydrogen) atoms. The molecule has 11 rings (SSSR count). The molecular weight excluding hydrogens is 713 g/mol. The largest absolute Gasteiger partial charge is 0.309 e. The van der Waals surface area contributed by atoms with E-state index >= 15 is 0 Å². The van der Waals surface area contributed by atoms with E-state index in [0.717, 1.165) is 22.7 Å². The Kier molecular flexibility index (Phi) is 8.20. The number of aromatic nitrogens is 1. The summed E-state index contributed by atoms with van der Waals surface area (Å²) in [6.45, 7) is 4.74. The smallest absolute Gasteiger partial charge is 0.0546 e. The molecule has 0 amide bonds. The van der Waals surface area contributed by atoms with E-state index in [1.807, 2.05) is 0 Å². The van der Waals surface area contributed by atoms with E-state index in [0.29, 0.717) is 0 Å². The van der Waals surface area contributed by atoms with Gasteiger partial charge in [0.05, 0.1) is 22.4 Å². The van der Waals surface area contributed by atoms with Crippen molar-refractivity contribution < 1.29 is 0 Å². The highest BCUT2D eigenvalue weighted by molar-refractivity contribution is 6.12. The highest BCUT2D eigenvalue weighted by Gasteiger charge is 2.38. The first-order chi connectivity index (χ1) is 29.1. The molecule has 0 fully saturated rings. The van der Waals surface area contributed by atoms with Crippen LogP contribution in [0.25, 0.3) is 72.0 Å². The van der Waals surface area contributed by atoms with Gasteiger partial charge in [0.25, 0.3) is 0 Å². The normalized spacial score (nSPS) is 12.7. The summed E-state index contributed by atoms with van der Waals surface area (Å²) in [5.41, 5.74) is 19.2. The molecular formula is C57H42N2. The third-order valence-corrected chi connectivity index (χ3v) is 12.4. The van der Waals surface area contributed by atoms with Crippen LogP contribution in [0.3, 0.4) is 0 Å². The van der Waals surface area contributed by atoms with Crippen LogP contribution in [0, 0.1) is 0 Å². The van der Waals surface area contributed by atoms with E-state index in [4.69, 9.17) is 0 Å². The van der Waals surface area contributed by atoms with Gasteiger partial charge in [0, 0.05) is 38.7 Å². The molecule has 10 aromatic rings. The molecule has 2 heteroatoms. The summed E-state index contributed by atoms with van der Waals surface area (Å²) in [6.07, 6.45) is 0. The minimum atomic E-state index is -0.157. The Morgan fingerprint density at radius 2 is 0.898 bits per heavy atom. The summed E-state index contributed by atoms with van der Waals surface area (Å²) in [7, 11) is 0. The lowest BCUT2D eigenvalue weighted by Crippen LogP contribution is -2.16. The molecule has 0 atom stereocenters. The standard InChI is InChI=1S/C57H42N2/c1-57(2)49-31-16-14-29-47(49)56-50(57)32-19-35-54(56)59(42-36-37-52-48(38-42)45-27-15-17-33-51(45)58(52)41-24-10-5-11-25-41)53-34-18-30-44(40-22-8-4-9-23-40)55(53)46-28-13-12-26-43(46)39-20-6-3-7-21-39/h3-38H,1-2H3. The van der Waals surface area contributed by atoms with Crippen molar-refractivity contribution >= 4 is 38.9 Å². The second-order valence-corrected chi connectivity index (χ2v) is 16.1. The molecule has 0 aliphatic heterocycles. The zero-order valence-corrected chi connectivity index (χ0v) is 33.2. The van der Waals surface area contributed by atoms with Gasteiger partial charge in [0.1, 0.15) is 0 Å². The van der Waals surface area contributed by atoms with Crippen LogP contribution in [0.2, 0.25) is 0 Å². The van der Waals surface area contributed by atoms with Crippen LogP contribution in [-0.2, 0) is 5.41 Å². The van der Waals surface area contributed by atoms with Gasteiger partial charge in [-0.2, -0.15) is 0 Å². The van der Waals surface area contributed by atoms with E-state index in [1.54, 1.807) is 0 Å². The zero-order chi connectivity index (χ0) is 39.5. The van der Waals surface area contributed by atoms with E-state index in [9.17, 15) is 0 Å². The van der Waals surface area contributed by atoms with Crippen molar-refractivity contribution in [2.24, 2.45) is 0 Å². The third-order valence-electron chi connectivity index (χ3n) is 12.4. The van der Waals surface area contributed by atoms with Crippen molar-refractivity contribution in [3.05, 3.63) is 230 Å². The first kappa shape index (κ1) is 34.8. The Balaban J connectivity index is 1.26. The Morgan fingerprint density at radius 3 is 1.64 bits per heavy atom. The number of fused-ring (bicyclic) bond motifs is 6. The average Bonchev–Trinajstić information content (AvgIpc) is 3.75. The molecule has 0 radical (unpaired) electrons. The summed E-state index contributed by atoms with van der Waals surface area (Å²) in [6, 6.07) is 80.0. The highest BCUT2D eigenvalue weighted by Crippen LogP contribution is 2.56. The van der Waals surface area contributed by atoms with Gasteiger partial charge in [0.2, 0.25) is 0 Å². The van der Waals surface area contributed by atoms with Crippen LogP contribution in [0.1, 0.15) is 25.0 Å². The van der Waals surface area contributed by atoms with Crippen LogP contribution in [0.15, 0.2) is 218 Å². The molecule has 0 bridgehead atoms. The minimum Gasteiger partial charge on any atom is -0.309 e. The van der Waals surface area contributed by atoms with Crippen molar-refractivity contribution in [1.29, 1.82) is 0 Å².